The van der Waals surface area contributed by atoms with Gasteiger partial charge in [-0.05, 0) is 49.1 Å². The van der Waals surface area contributed by atoms with Crippen molar-refractivity contribution >= 4 is 23.2 Å². The largest absolute Gasteiger partial charge is 0.326 e. The van der Waals surface area contributed by atoms with Crippen LogP contribution >= 0.6 is 11.6 Å². The van der Waals surface area contributed by atoms with Gasteiger partial charge in [0.25, 0.3) is 0 Å². The van der Waals surface area contributed by atoms with E-state index >= 15 is 0 Å². The van der Waals surface area contributed by atoms with Gasteiger partial charge in [-0.2, -0.15) is 0 Å². The van der Waals surface area contributed by atoms with Gasteiger partial charge >= 0.3 is 0 Å². The fraction of sp³-hybridized carbons (Fsp3) is 0.625. The van der Waals surface area contributed by atoms with Gasteiger partial charge in [0.2, 0.25) is 5.91 Å². The molecule has 0 radical (unpaired) electrons. The van der Waals surface area contributed by atoms with Crippen LogP contribution in [0.1, 0.15) is 46.5 Å². The van der Waals surface area contributed by atoms with Crippen LogP contribution in [-0.4, -0.2) is 10.9 Å². The number of aromatic nitrogens is 1. The zero-order valence-electron chi connectivity index (χ0n) is 12.4. The number of carbonyl (C=O) groups excluding carboxylic acids is 1. The maximum Gasteiger partial charge on any atom is 0.227 e. The van der Waals surface area contributed by atoms with Crippen molar-refractivity contribution in [2.24, 2.45) is 17.3 Å². The lowest BCUT2D eigenvalue weighted by atomic mass is 9.69. The molecule has 1 heterocycles. The molecule has 1 aromatic heterocycles. The lowest BCUT2D eigenvalue weighted by molar-refractivity contribution is -0.121. The zero-order chi connectivity index (χ0) is 14.8. The van der Waals surface area contributed by atoms with Crippen molar-refractivity contribution in [1.82, 2.24) is 4.98 Å². The minimum Gasteiger partial charge on any atom is -0.326 e. The first-order valence-electron chi connectivity index (χ1n) is 7.28. The van der Waals surface area contributed by atoms with Gasteiger partial charge in [-0.3, -0.25) is 4.79 Å². The standard InChI is InChI=1S/C16H23ClN2O/c1-16(2,3)12-6-4-11(5-7-12)15(20)19-13-8-9-18-14(17)10-13/h8-12H,4-7H2,1-3H3,(H,18,19,20). The van der Waals surface area contributed by atoms with Gasteiger partial charge in [0, 0.05) is 17.8 Å². The molecule has 0 bridgehead atoms. The van der Waals surface area contributed by atoms with Crippen LogP contribution in [0.5, 0.6) is 0 Å². The van der Waals surface area contributed by atoms with Crippen LogP contribution in [0, 0.1) is 17.3 Å². The molecular formula is C16H23ClN2O. The molecule has 0 saturated heterocycles. The maximum atomic E-state index is 12.3. The highest BCUT2D eigenvalue weighted by Gasteiger charge is 2.32. The van der Waals surface area contributed by atoms with Gasteiger partial charge in [-0.25, -0.2) is 4.98 Å². The van der Waals surface area contributed by atoms with Crippen LogP contribution in [0.15, 0.2) is 18.3 Å². The average Bonchev–Trinajstić information content (AvgIpc) is 2.38. The van der Waals surface area contributed by atoms with E-state index in [9.17, 15) is 4.79 Å². The second-order valence-corrected chi connectivity index (χ2v) is 7.16. The first kappa shape index (κ1) is 15.3. The van der Waals surface area contributed by atoms with Crippen LogP contribution < -0.4 is 5.32 Å². The van der Waals surface area contributed by atoms with E-state index < -0.39 is 0 Å². The summed E-state index contributed by atoms with van der Waals surface area (Å²) in [7, 11) is 0. The minimum atomic E-state index is 0.111. The van der Waals surface area contributed by atoms with Crippen LogP contribution in [0.25, 0.3) is 0 Å². The average molecular weight is 295 g/mol. The second kappa shape index (κ2) is 6.13. The number of amides is 1. The van der Waals surface area contributed by atoms with Gasteiger partial charge in [-0.15, -0.1) is 0 Å². The van der Waals surface area contributed by atoms with E-state index in [2.05, 4.69) is 31.1 Å². The summed E-state index contributed by atoms with van der Waals surface area (Å²) in [6.07, 6.45) is 5.84. The Morgan fingerprint density at radius 2 is 1.95 bits per heavy atom. The van der Waals surface area contributed by atoms with Gasteiger partial charge < -0.3 is 5.32 Å². The third kappa shape index (κ3) is 3.95. The Labute approximate surface area is 126 Å². The van der Waals surface area contributed by atoms with Crippen molar-refractivity contribution in [3.8, 4) is 0 Å². The summed E-state index contributed by atoms with van der Waals surface area (Å²) < 4.78 is 0. The monoisotopic (exact) mass is 294 g/mol. The van der Waals surface area contributed by atoms with E-state index in [1.165, 1.54) is 0 Å². The lowest BCUT2D eigenvalue weighted by Gasteiger charge is -2.36. The van der Waals surface area contributed by atoms with Crippen molar-refractivity contribution in [1.29, 1.82) is 0 Å². The SMILES string of the molecule is CC(C)(C)C1CCC(C(=O)Nc2ccnc(Cl)c2)CC1. The highest BCUT2D eigenvalue weighted by Crippen LogP contribution is 2.40. The van der Waals surface area contributed by atoms with Gasteiger partial charge in [0.1, 0.15) is 5.15 Å². The summed E-state index contributed by atoms with van der Waals surface area (Å²) in [6, 6.07) is 3.45. The number of nitrogens with one attached hydrogen (secondary N) is 1. The summed E-state index contributed by atoms with van der Waals surface area (Å²) in [6.45, 7) is 6.87. The highest BCUT2D eigenvalue weighted by molar-refractivity contribution is 6.29. The Hall–Kier alpha value is -1.09. The summed E-state index contributed by atoms with van der Waals surface area (Å²) in [5.74, 6) is 0.960. The third-order valence-corrected chi connectivity index (χ3v) is 4.52. The summed E-state index contributed by atoms with van der Waals surface area (Å²) in [5.41, 5.74) is 1.08. The molecule has 1 aromatic rings. The number of rotatable bonds is 2. The van der Waals surface area contributed by atoms with E-state index in [0.29, 0.717) is 10.6 Å². The lowest BCUT2D eigenvalue weighted by Crippen LogP contribution is -2.31. The molecule has 2 rings (SSSR count). The molecule has 1 saturated carbocycles. The molecule has 1 N–H and O–H groups in total. The Morgan fingerprint density at radius 3 is 2.50 bits per heavy atom. The molecule has 0 spiro atoms. The van der Waals surface area contributed by atoms with Crippen LogP contribution in [0.2, 0.25) is 5.15 Å². The Balaban J connectivity index is 1.89. The predicted molar refractivity (Wildman–Crippen MR) is 82.8 cm³/mol. The molecule has 1 fully saturated rings. The maximum absolute atomic E-state index is 12.3. The van der Waals surface area contributed by atoms with Crippen LogP contribution in [0.3, 0.4) is 0 Å². The van der Waals surface area contributed by atoms with Crippen molar-refractivity contribution < 1.29 is 4.79 Å². The molecule has 1 aliphatic carbocycles. The summed E-state index contributed by atoms with van der Waals surface area (Å²) >= 11 is 5.82. The van der Waals surface area contributed by atoms with Gasteiger partial charge in [0.15, 0.2) is 0 Å². The quantitative estimate of drug-likeness (QED) is 0.815. The van der Waals surface area contributed by atoms with Gasteiger partial charge in [-0.1, -0.05) is 32.4 Å². The van der Waals surface area contributed by atoms with Crippen LogP contribution in [-0.2, 0) is 4.79 Å². The molecule has 0 aliphatic heterocycles. The predicted octanol–water partition coefficient (Wildman–Crippen LogP) is 4.53. The van der Waals surface area contributed by atoms with Gasteiger partial charge in [0.05, 0.1) is 0 Å². The number of hydrogen-bond acceptors (Lipinski definition) is 2. The number of halogens is 1. The Kier molecular flexibility index (Phi) is 4.69. The van der Waals surface area contributed by atoms with Crippen molar-refractivity contribution in [2.45, 2.75) is 46.5 Å². The Morgan fingerprint density at radius 1 is 1.30 bits per heavy atom. The second-order valence-electron chi connectivity index (χ2n) is 6.77. The number of hydrogen-bond donors (Lipinski definition) is 1. The van der Waals surface area contributed by atoms with E-state index in [1.807, 2.05) is 0 Å². The summed E-state index contributed by atoms with van der Waals surface area (Å²) in [4.78, 5) is 16.2. The van der Waals surface area contributed by atoms with E-state index in [1.54, 1.807) is 18.3 Å². The molecule has 0 atom stereocenters. The molecule has 0 aromatic carbocycles. The minimum absolute atomic E-state index is 0.111. The first-order valence-corrected chi connectivity index (χ1v) is 7.66. The topological polar surface area (TPSA) is 42.0 Å². The Bertz CT molecular complexity index is 474. The molecule has 1 amide bonds. The summed E-state index contributed by atoms with van der Waals surface area (Å²) in [5, 5.41) is 3.34. The molecule has 4 heteroatoms. The number of anilines is 1. The molecule has 3 nitrogen and oxygen atoms in total. The highest BCUT2D eigenvalue weighted by atomic mass is 35.5. The molecule has 0 unspecified atom stereocenters. The third-order valence-electron chi connectivity index (χ3n) is 4.32. The van der Waals surface area contributed by atoms with E-state index in [4.69, 9.17) is 11.6 Å². The molecule has 1 aliphatic rings. The normalized spacial score (nSPS) is 23.4. The van der Waals surface area contributed by atoms with Crippen molar-refractivity contribution in [3.63, 3.8) is 0 Å². The molecule has 20 heavy (non-hydrogen) atoms. The fourth-order valence-corrected chi connectivity index (χ4v) is 3.12. The van der Waals surface area contributed by atoms with Crippen molar-refractivity contribution in [2.75, 3.05) is 5.32 Å². The van der Waals surface area contributed by atoms with E-state index in [0.717, 1.165) is 37.3 Å². The van der Waals surface area contributed by atoms with E-state index in [-0.39, 0.29) is 11.8 Å². The fourth-order valence-electron chi connectivity index (χ4n) is 2.95. The smallest absolute Gasteiger partial charge is 0.227 e. The number of carbonyl (C=O) groups is 1. The van der Waals surface area contributed by atoms with Crippen molar-refractivity contribution in [3.05, 3.63) is 23.5 Å². The van der Waals surface area contributed by atoms with Crippen LogP contribution in [0.4, 0.5) is 5.69 Å². The zero-order valence-corrected chi connectivity index (χ0v) is 13.2. The number of pyridine rings is 1. The molecular weight excluding hydrogens is 272 g/mol. The number of nitrogens with zero attached hydrogens (tertiary/aromatic N) is 1. The first-order chi connectivity index (χ1) is 9.36. The molecule has 110 valence electrons.